The van der Waals surface area contributed by atoms with Crippen LogP contribution in [0.5, 0.6) is 0 Å². The lowest BCUT2D eigenvalue weighted by Gasteiger charge is -2.07. The normalized spacial score (nSPS) is 10.7. The molecule has 0 bridgehead atoms. The predicted molar refractivity (Wildman–Crippen MR) is 74.7 cm³/mol. The molecule has 0 spiro atoms. The van der Waals surface area contributed by atoms with Crippen LogP contribution in [0.25, 0.3) is 5.69 Å². The Morgan fingerprint density at radius 2 is 2.11 bits per heavy atom. The molecular formula is C13H12Cl2N2O2. The Bertz CT molecular complexity index is 650. The molecule has 1 heterocycles. The highest BCUT2D eigenvalue weighted by atomic mass is 35.5. The number of hydrogen-bond acceptors (Lipinski definition) is 2. The number of hydrogen-bond donors (Lipinski definition) is 1. The molecule has 2 aromatic rings. The first-order chi connectivity index (χ1) is 8.95. The highest BCUT2D eigenvalue weighted by Gasteiger charge is 2.21. The fraction of sp³-hybridized carbons (Fsp3) is 0.231. The maximum atomic E-state index is 11.3. The van der Waals surface area contributed by atoms with Gasteiger partial charge in [-0.1, -0.05) is 30.1 Å². The molecule has 0 atom stereocenters. The summed E-state index contributed by atoms with van der Waals surface area (Å²) in [5.74, 6) is -0.987. The summed E-state index contributed by atoms with van der Waals surface area (Å²) in [5.41, 5.74) is 1.86. The summed E-state index contributed by atoms with van der Waals surface area (Å²) in [4.78, 5) is 11.3. The molecule has 0 aliphatic heterocycles. The number of halogens is 2. The van der Waals surface area contributed by atoms with Crippen molar-refractivity contribution in [2.75, 3.05) is 0 Å². The number of aromatic nitrogens is 2. The zero-order chi connectivity index (χ0) is 14.2. The molecule has 19 heavy (non-hydrogen) atoms. The van der Waals surface area contributed by atoms with Gasteiger partial charge < -0.3 is 5.11 Å². The van der Waals surface area contributed by atoms with Gasteiger partial charge in [-0.25, -0.2) is 9.48 Å². The molecule has 1 N–H and O–H groups in total. The first-order valence-corrected chi connectivity index (χ1v) is 6.48. The Morgan fingerprint density at radius 3 is 2.63 bits per heavy atom. The molecule has 0 unspecified atom stereocenters. The third kappa shape index (κ3) is 2.46. The lowest BCUT2D eigenvalue weighted by atomic mass is 10.1. The molecule has 0 aliphatic rings. The van der Waals surface area contributed by atoms with Crippen molar-refractivity contribution < 1.29 is 9.90 Å². The largest absolute Gasteiger partial charge is 0.478 e. The molecular weight excluding hydrogens is 287 g/mol. The van der Waals surface area contributed by atoms with E-state index in [0.29, 0.717) is 33.5 Å². The quantitative estimate of drug-likeness (QED) is 0.939. The molecule has 1 aromatic heterocycles. The molecule has 100 valence electrons. The van der Waals surface area contributed by atoms with Crippen molar-refractivity contribution in [3.05, 3.63) is 45.2 Å². The van der Waals surface area contributed by atoms with Gasteiger partial charge in [-0.05, 0) is 31.5 Å². The van der Waals surface area contributed by atoms with Crippen LogP contribution in [-0.2, 0) is 6.42 Å². The van der Waals surface area contributed by atoms with E-state index in [4.69, 9.17) is 23.2 Å². The van der Waals surface area contributed by atoms with Gasteiger partial charge in [0.05, 0.1) is 22.1 Å². The van der Waals surface area contributed by atoms with Gasteiger partial charge in [0.25, 0.3) is 0 Å². The second-order valence-corrected chi connectivity index (χ2v) is 4.92. The number of nitrogens with zero attached hydrogens (tertiary/aromatic N) is 2. The summed E-state index contributed by atoms with van der Waals surface area (Å²) in [6.07, 6.45) is 0.535. The van der Waals surface area contributed by atoms with Gasteiger partial charge in [0.2, 0.25) is 0 Å². The summed E-state index contributed by atoms with van der Waals surface area (Å²) in [6.45, 7) is 3.56. The number of carbonyl (C=O) groups is 1. The first-order valence-electron chi connectivity index (χ1n) is 5.73. The second-order valence-electron chi connectivity index (χ2n) is 4.07. The van der Waals surface area contributed by atoms with Crippen LogP contribution in [0.2, 0.25) is 10.0 Å². The summed E-state index contributed by atoms with van der Waals surface area (Å²) >= 11 is 12.1. The summed E-state index contributed by atoms with van der Waals surface area (Å²) < 4.78 is 1.52. The topological polar surface area (TPSA) is 55.1 Å². The van der Waals surface area contributed by atoms with E-state index in [-0.39, 0.29) is 5.56 Å². The van der Waals surface area contributed by atoms with Crippen molar-refractivity contribution in [1.29, 1.82) is 0 Å². The zero-order valence-electron chi connectivity index (χ0n) is 10.4. The van der Waals surface area contributed by atoms with E-state index in [1.165, 1.54) is 4.68 Å². The minimum Gasteiger partial charge on any atom is -0.478 e. The van der Waals surface area contributed by atoms with Crippen LogP contribution in [0.15, 0.2) is 18.2 Å². The molecule has 2 rings (SSSR count). The van der Waals surface area contributed by atoms with Gasteiger partial charge >= 0.3 is 5.97 Å². The maximum absolute atomic E-state index is 11.3. The van der Waals surface area contributed by atoms with Gasteiger partial charge in [0.15, 0.2) is 0 Å². The first kappa shape index (κ1) is 13.9. The Balaban J connectivity index is 2.70. The third-order valence-electron chi connectivity index (χ3n) is 2.87. The summed E-state index contributed by atoms with van der Waals surface area (Å²) in [5, 5.41) is 14.5. The average molecular weight is 299 g/mol. The van der Waals surface area contributed by atoms with E-state index in [1.807, 2.05) is 6.92 Å². The van der Waals surface area contributed by atoms with Crippen LogP contribution >= 0.6 is 23.2 Å². The second kappa shape index (κ2) is 5.23. The predicted octanol–water partition coefficient (Wildman–Crippen LogP) is 3.75. The smallest absolute Gasteiger partial charge is 0.339 e. The Morgan fingerprint density at radius 1 is 1.42 bits per heavy atom. The number of aromatic carboxylic acids is 1. The molecule has 6 heteroatoms. The molecule has 0 saturated heterocycles. The Hall–Kier alpha value is -1.52. The summed E-state index contributed by atoms with van der Waals surface area (Å²) in [7, 11) is 0. The van der Waals surface area contributed by atoms with E-state index in [0.717, 1.165) is 0 Å². The van der Waals surface area contributed by atoms with Gasteiger partial charge in [0.1, 0.15) is 5.56 Å². The third-order valence-corrected chi connectivity index (χ3v) is 3.43. The highest BCUT2D eigenvalue weighted by molar-refractivity contribution is 6.34. The maximum Gasteiger partial charge on any atom is 0.339 e. The van der Waals surface area contributed by atoms with Crippen LogP contribution in [0, 0.1) is 6.92 Å². The molecule has 4 nitrogen and oxygen atoms in total. The monoisotopic (exact) mass is 298 g/mol. The van der Waals surface area contributed by atoms with Crippen LogP contribution in [-0.4, -0.2) is 20.9 Å². The van der Waals surface area contributed by atoms with Crippen molar-refractivity contribution in [2.24, 2.45) is 0 Å². The van der Waals surface area contributed by atoms with E-state index in [9.17, 15) is 9.90 Å². The van der Waals surface area contributed by atoms with E-state index in [1.54, 1.807) is 25.1 Å². The molecule has 0 radical (unpaired) electrons. The fourth-order valence-corrected chi connectivity index (χ4v) is 2.33. The number of rotatable bonds is 3. The zero-order valence-corrected chi connectivity index (χ0v) is 12.0. The molecule has 1 aromatic carbocycles. The van der Waals surface area contributed by atoms with Gasteiger partial charge in [0, 0.05) is 5.02 Å². The van der Waals surface area contributed by atoms with Gasteiger partial charge in [-0.3, -0.25) is 0 Å². The molecule has 0 aliphatic carbocycles. The molecule has 0 amide bonds. The van der Waals surface area contributed by atoms with Crippen molar-refractivity contribution in [2.45, 2.75) is 20.3 Å². The minimum absolute atomic E-state index is 0.221. The molecule has 0 saturated carbocycles. The van der Waals surface area contributed by atoms with Crippen LogP contribution < -0.4 is 0 Å². The van der Waals surface area contributed by atoms with Crippen molar-refractivity contribution in [3.8, 4) is 5.69 Å². The van der Waals surface area contributed by atoms with Crippen LogP contribution in [0.3, 0.4) is 0 Å². The lowest BCUT2D eigenvalue weighted by molar-refractivity contribution is 0.0695. The van der Waals surface area contributed by atoms with Crippen molar-refractivity contribution in [1.82, 2.24) is 9.78 Å². The van der Waals surface area contributed by atoms with Crippen LogP contribution in [0.1, 0.15) is 28.7 Å². The number of benzene rings is 1. The highest BCUT2D eigenvalue weighted by Crippen LogP contribution is 2.27. The van der Waals surface area contributed by atoms with Crippen molar-refractivity contribution in [3.63, 3.8) is 0 Å². The minimum atomic E-state index is -0.987. The SMILES string of the molecule is CCc1nn(-c2cc(Cl)ccc2Cl)c(C)c1C(=O)O. The van der Waals surface area contributed by atoms with Gasteiger partial charge in [-0.2, -0.15) is 5.10 Å². The van der Waals surface area contributed by atoms with Crippen LogP contribution in [0.4, 0.5) is 0 Å². The fourth-order valence-electron chi connectivity index (χ4n) is 1.97. The van der Waals surface area contributed by atoms with Crippen molar-refractivity contribution >= 4 is 29.2 Å². The lowest BCUT2D eigenvalue weighted by Crippen LogP contribution is -2.03. The van der Waals surface area contributed by atoms with Gasteiger partial charge in [-0.15, -0.1) is 0 Å². The number of aryl methyl sites for hydroxylation is 1. The van der Waals surface area contributed by atoms with E-state index >= 15 is 0 Å². The van der Waals surface area contributed by atoms with E-state index < -0.39 is 5.97 Å². The number of carboxylic acid groups (broad SMARTS) is 1. The molecule has 0 fully saturated rings. The number of carboxylic acids is 1. The van der Waals surface area contributed by atoms with E-state index in [2.05, 4.69) is 5.10 Å². The summed E-state index contributed by atoms with van der Waals surface area (Å²) in [6, 6.07) is 4.99. The Labute approximate surface area is 120 Å². The average Bonchev–Trinajstić information content (AvgIpc) is 2.69. The Kier molecular flexibility index (Phi) is 3.83. The standard InChI is InChI=1S/C13H12Cl2N2O2/c1-3-10-12(13(18)19)7(2)17(16-10)11-6-8(14)4-5-9(11)15/h4-6H,3H2,1-2H3,(H,18,19).